The van der Waals surface area contributed by atoms with Gasteiger partial charge in [-0.05, 0) is 28.8 Å². The number of halogens is 1. The van der Waals surface area contributed by atoms with Crippen molar-refractivity contribution in [3.63, 3.8) is 0 Å². The predicted octanol–water partition coefficient (Wildman–Crippen LogP) is 1.56. The van der Waals surface area contributed by atoms with Gasteiger partial charge in [0.2, 0.25) is 5.91 Å². The number of nitrogens with zero attached hydrogens (tertiary/aromatic N) is 2. The third kappa shape index (κ3) is 3.06. The van der Waals surface area contributed by atoms with Crippen molar-refractivity contribution in [1.29, 1.82) is 0 Å². The summed E-state index contributed by atoms with van der Waals surface area (Å²) in [4.78, 5) is 11.6. The maximum Gasteiger partial charge on any atom is 0.224 e. The lowest BCUT2D eigenvalue weighted by Crippen LogP contribution is -2.33. The maximum atomic E-state index is 11.6. The number of rotatable bonds is 4. The fraction of sp³-hybridized carbons (Fsp3) is 0.600. The molecule has 1 aromatic heterocycles. The molecule has 0 aliphatic heterocycles. The van der Waals surface area contributed by atoms with Gasteiger partial charge in [0, 0.05) is 12.2 Å². The van der Waals surface area contributed by atoms with Gasteiger partial charge in [-0.1, -0.05) is 6.92 Å². The molecule has 0 aromatic carbocycles. The normalized spacial score (nSPS) is 17.5. The lowest BCUT2D eigenvalue weighted by atomic mass is 10.1. The molecule has 1 amide bonds. The van der Waals surface area contributed by atoms with E-state index in [9.17, 15) is 4.79 Å². The average Bonchev–Trinajstić information content (AvgIpc) is 2.90. The molecule has 4 nitrogen and oxygen atoms in total. The summed E-state index contributed by atoms with van der Waals surface area (Å²) in [7, 11) is 0. The second-order valence-corrected chi connectivity index (χ2v) is 4.98. The summed E-state index contributed by atoms with van der Waals surface area (Å²) in [5.41, 5.74) is 0. The Morgan fingerprint density at radius 2 is 2.53 bits per heavy atom. The minimum absolute atomic E-state index is 0.0302. The van der Waals surface area contributed by atoms with Crippen LogP contribution in [0.5, 0.6) is 0 Å². The molecule has 1 unspecified atom stereocenters. The van der Waals surface area contributed by atoms with Gasteiger partial charge in [-0.15, -0.1) is 0 Å². The van der Waals surface area contributed by atoms with E-state index in [4.69, 9.17) is 0 Å². The van der Waals surface area contributed by atoms with E-state index >= 15 is 0 Å². The zero-order valence-electron chi connectivity index (χ0n) is 8.61. The van der Waals surface area contributed by atoms with Crippen LogP contribution in [0.3, 0.4) is 0 Å². The quantitative estimate of drug-likeness (QED) is 0.904. The van der Waals surface area contributed by atoms with E-state index in [0.29, 0.717) is 12.6 Å². The van der Waals surface area contributed by atoms with E-state index in [1.807, 2.05) is 13.1 Å². The Balaban J connectivity index is 1.84. The highest BCUT2D eigenvalue weighted by Crippen LogP contribution is 2.19. The molecule has 0 spiro atoms. The zero-order chi connectivity index (χ0) is 10.8. The maximum absolute atomic E-state index is 11.6. The lowest BCUT2D eigenvalue weighted by molar-refractivity contribution is -0.125. The molecule has 1 aromatic rings. The van der Waals surface area contributed by atoms with Crippen molar-refractivity contribution in [3.8, 4) is 0 Å². The van der Waals surface area contributed by atoms with Crippen LogP contribution in [0.2, 0.25) is 0 Å². The summed E-state index contributed by atoms with van der Waals surface area (Å²) in [5, 5.41) is 7.11. The van der Waals surface area contributed by atoms with Gasteiger partial charge in [0.25, 0.3) is 0 Å². The molecule has 1 N–H and O–H groups in total. The second-order valence-electron chi connectivity index (χ2n) is 4.06. The van der Waals surface area contributed by atoms with Crippen molar-refractivity contribution in [2.24, 2.45) is 5.92 Å². The highest BCUT2D eigenvalue weighted by Gasteiger charge is 2.25. The number of carbonyl (C=O) groups is 1. The first-order chi connectivity index (χ1) is 7.15. The molecule has 1 heterocycles. The largest absolute Gasteiger partial charge is 0.353 e. The van der Waals surface area contributed by atoms with E-state index in [2.05, 4.69) is 26.3 Å². The number of carbonyl (C=O) groups excluding carboxylic acids is 1. The molecule has 82 valence electrons. The summed E-state index contributed by atoms with van der Waals surface area (Å²) < 4.78 is 2.72. The number of nitrogens with one attached hydrogen (secondary N) is 1. The topological polar surface area (TPSA) is 46.9 Å². The molecule has 1 saturated carbocycles. The Morgan fingerprint density at radius 1 is 1.80 bits per heavy atom. The van der Waals surface area contributed by atoms with Crippen LogP contribution in [-0.2, 0) is 11.3 Å². The van der Waals surface area contributed by atoms with Gasteiger partial charge in [-0.2, -0.15) is 5.10 Å². The van der Waals surface area contributed by atoms with Crippen LogP contribution < -0.4 is 5.32 Å². The van der Waals surface area contributed by atoms with Gasteiger partial charge in [0.05, 0.1) is 23.1 Å². The SMILES string of the molecule is CC(Cn1cc(Br)cn1)C(=O)NC1CC1. The van der Waals surface area contributed by atoms with Crippen molar-refractivity contribution >= 4 is 21.8 Å². The molecular weight excluding hydrogens is 258 g/mol. The molecule has 1 fully saturated rings. The first-order valence-corrected chi connectivity index (χ1v) is 5.93. The highest BCUT2D eigenvalue weighted by atomic mass is 79.9. The van der Waals surface area contributed by atoms with E-state index in [-0.39, 0.29) is 11.8 Å². The van der Waals surface area contributed by atoms with E-state index in [1.54, 1.807) is 10.9 Å². The molecular formula is C10H14BrN3O. The Kier molecular flexibility index (Phi) is 3.09. The number of hydrogen-bond acceptors (Lipinski definition) is 2. The minimum Gasteiger partial charge on any atom is -0.353 e. The van der Waals surface area contributed by atoms with Gasteiger partial charge in [0.1, 0.15) is 0 Å². The summed E-state index contributed by atoms with van der Waals surface area (Å²) in [5.74, 6) is 0.0986. The van der Waals surface area contributed by atoms with E-state index < -0.39 is 0 Å². The first-order valence-electron chi connectivity index (χ1n) is 5.13. The Morgan fingerprint density at radius 3 is 3.07 bits per heavy atom. The Labute approximate surface area is 97.2 Å². The number of amides is 1. The van der Waals surface area contributed by atoms with Crippen LogP contribution in [0.15, 0.2) is 16.9 Å². The second kappa shape index (κ2) is 4.35. The van der Waals surface area contributed by atoms with Crippen LogP contribution >= 0.6 is 15.9 Å². The van der Waals surface area contributed by atoms with Crippen LogP contribution in [0.4, 0.5) is 0 Å². The molecule has 15 heavy (non-hydrogen) atoms. The average molecular weight is 272 g/mol. The lowest BCUT2D eigenvalue weighted by Gasteiger charge is -2.11. The summed E-state index contributed by atoms with van der Waals surface area (Å²) >= 11 is 3.33. The molecule has 5 heteroatoms. The van der Waals surface area contributed by atoms with Gasteiger partial charge < -0.3 is 5.32 Å². The molecule has 1 aliphatic rings. The number of aromatic nitrogens is 2. The van der Waals surface area contributed by atoms with Gasteiger partial charge in [-0.25, -0.2) is 0 Å². The summed E-state index contributed by atoms with van der Waals surface area (Å²) in [6.45, 7) is 2.55. The van der Waals surface area contributed by atoms with Crippen LogP contribution in [0.25, 0.3) is 0 Å². The fourth-order valence-corrected chi connectivity index (χ4v) is 1.70. The third-order valence-electron chi connectivity index (χ3n) is 2.43. The zero-order valence-corrected chi connectivity index (χ0v) is 10.2. The standard InChI is InChI=1S/C10H14BrN3O/c1-7(10(15)13-9-2-3-9)5-14-6-8(11)4-12-14/h4,6-7,9H,2-3,5H2,1H3,(H,13,15). The van der Waals surface area contributed by atoms with Crippen LogP contribution in [0, 0.1) is 5.92 Å². The summed E-state index contributed by atoms with van der Waals surface area (Å²) in [6, 6.07) is 0.435. The van der Waals surface area contributed by atoms with E-state index in [1.165, 1.54) is 0 Å². The Bertz CT molecular complexity index is 359. The van der Waals surface area contributed by atoms with Gasteiger partial charge >= 0.3 is 0 Å². The van der Waals surface area contributed by atoms with Crippen molar-refractivity contribution < 1.29 is 4.79 Å². The van der Waals surface area contributed by atoms with Gasteiger partial charge in [0.15, 0.2) is 0 Å². The van der Waals surface area contributed by atoms with Crippen LogP contribution in [-0.4, -0.2) is 21.7 Å². The van der Waals surface area contributed by atoms with Crippen molar-refractivity contribution in [1.82, 2.24) is 15.1 Å². The smallest absolute Gasteiger partial charge is 0.224 e. The molecule has 1 atom stereocenters. The first kappa shape index (κ1) is 10.7. The molecule has 0 bridgehead atoms. The predicted molar refractivity (Wildman–Crippen MR) is 60.3 cm³/mol. The molecule has 0 saturated heterocycles. The number of hydrogen-bond donors (Lipinski definition) is 1. The monoisotopic (exact) mass is 271 g/mol. The van der Waals surface area contributed by atoms with Crippen molar-refractivity contribution in [2.45, 2.75) is 32.4 Å². The van der Waals surface area contributed by atoms with Crippen LogP contribution in [0.1, 0.15) is 19.8 Å². The summed E-state index contributed by atoms with van der Waals surface area (Å²) in [6.07, 6.45) is 5.87. The van der Waals surface area contributed by atoms with Crippen molar-refractivity contribution in [2.75, 3.05) is 0 Å². The fourth-order valence-electron chi connectivity index (χ4n) is 1.37. The highest BCUT2D eigenvalue weighted by molar-refractivity contribution is 9.10. The minimum atomic E-state index is -0.0302. The third-order valence-corrected chi connectivity index (χ3v) is 2.84. The molecule has 1 aliphatic carbocycles. The van der Waals surface area contributed by atoms with E-state index in [0.717, 1.165) is 17.3 Å². The van der Waals surface area contributed by atoms with Gasteiger partial charge in [-0.3, -0.25) is 9.48 Å². The molecule has 0 radical (unpaired) electrons. The Hall–Kier alpha value is -0.840. The molecule has 2 rings (SSSR count). The van der Waals surface area contributed by atoms with Crippen molar-refractivity contribution in [3.05, 3.63) is 16.9 Å².